The summed E-state index contributed by atoms with van der Waals surface area (Å²) in [5, 5.41) is 12.9. The number of carbonyl (C=O) groups excluding carboxylic acids is 2. The third kappa shape index (κ3) is 7.74. The van der Waals surface area contributed by atoms with Gasteiger partial charge in [0.05, 0.1) is 13.5 Å². The maximum Gasteiger partial charge on any atom is 0.305 e. The van der Waals surface area contributed by atoms with Crippen molar-refractivity contribution in [2.24, 2.45) is 0 Å². The Morgan fingerprint density at radius 2 is 1.49 bits per heavy atom. The van der Waals surface area contributed by atoms with Crippen LogP contribution in [0.4, 0.5) is 0 Å². The number of amides is 2. The Labute approximate surface area is 244 Å². The van der Waals surface area contributed by atoms with E-state index in [0.29, 0.717) is 52.5 Å². The number of hydrogen-bond donors (Lipinski definition) is 2. The van der Waals surface area contributed by atoms with Crippen LogP contribution in [0.1, 0.15) is 38.3 Å². The summed E-state index contributed by atoms with van der Waals surface area (Å²) in [6.45, 7) is 0.627. The first kappa shape index (κ1) is 29.4. The van der Waals surface area contributed by atoms with Crippen LogP contribution in [-0.4, -0.2) is 48.0 Å². The van der Waals surface area contributed by atoms with E-state index in [9.17, 15) is 19.5 Å². The standard InChI is InChI=1S/C33H31ClN2O5/c1-41-30-16-7-2-10-24(30)17-19-36(20-18-31(37)38)33(40)29-15-6-4-13-27(29)26-12-3-5-14-28(26)32(39)35-22-23-9-8-11-25(34)21-23/h2-16,21H,17-20,22H2,1H3,(H,35,39)(H,37,38). The van der Waals surface area contributed by atoms with Gasteiger partial charge in [-0.2, -0.15) is 0 Å². The van der Waals surface area contributed by atoms with E-state index in [0.717, 1.165) is 11.1 Å². The summed E-state index contributed by atoms with van der Waals surface area (Å²) < 4.78 is 5.45. The van der Waals surface area contributed by atoms with Gasteiger partial charge in [0, 0.05) is 35.8 Å². The number of carboxylic acids is 1. The molecule has 0 radical (unpaired) electrons. The number of halogens is 1. The molecule has 0 saturated carbocycles. The zero-order valence-corrected chi connectivity index (χ0v) is 23.4. The minimum atomic E-state index is -0.991. The molecule has 0 unspecified atom stereocenters. The highest BCUT2D eigenvalue weighted by Gasteiger charge is 2.23. The lowest BCUT2D eigenvalue weighted by molar-refractivity contribution is -0.137. The predicted octanol–water partition coefficient (Wildman–Crippen LogP) is 6.11. The molecule has 2 N–H and O–H groups in total. The van der Waals surface area contributed by atoms with E-state index in [1.807, 2.05) is 48.5 Å². The Bertz CT molecular complexity index is 1540. The van der Waals surface area contributed by atoms with Crippen molar-refractivity contribution in [3.05, 3.63) is 124 Å². The molecule has 4 rings (SSSR count). The zero-order valence-electron chi connectivity index (χ0n) is 22.7. The molecule has 0 atom stereocenters. The van der Waals surface area contributed by atoms with Crippen LogP contribution in [0, 0.1) is 0 Å². The van der Waals surface area contributed by atoms with E-state index in [4.69, 9.17) is 16.3 Å². The highest BCUT2D eigenvalue weighted by Crippen LogP contribution is 2.29. The number of carbonyl (C=O) groups is 3. The van der Waals surface area contributed by atoms with Crippen molar-refractivity contribution in [1.82, 2.24) is 10.2 Å². The van der Waals surface area contributed by atoms with Crippen molar-refractivity contribution in [2.45, 2.75) is 19.4 Å². The quantitative estimate of drug-likeness (QED) is 0.214. The second-order valence-electron chi connectivity index (χ2n) is 9.40. The number of aliphatic carboxylic acids is 1. The monoisotopic (exact) mass is 570 g/mol. The first-order valence-corrected chi connectivity index (χ1v) is 13.6. The molecule has 0 saturated heterocycles. The van der Waals surface area contributed by atoms with Crippen LogP contribution in [0.5, 0.6) is 5.75 Å². The first-order chi connectivity index (χ1) is 19.9. The zero-order chi connectivity index (χ0) is 29.2. The minimum absolute atomic E-state index is 0.0411. The molecule has 0 aliphatic rings. The van der Waals surface area contributed by atoms with Crippen LogP contribution in [0.2, 0.25) is 5.02 Å². The van der Waals surface area contributed by atoms with E-state index in [-0.39, 0.29) is 24.8 Å². The number of methoxy groups -OCH3 is 1. The van der Waals surface area contributed by atoms with Crippen molar-refractivity contribution in [1.29, 1.82) is 0 Å². The number of benzene rings is 4. The Hall–Kier alpha value is -4.62. The van der Waals surface area contributed by atoms with Crippen molar-refractivity contribution < 1.29 is 24.2 Å². The molecule has 0 aliphatic heterocycles. The number of nitrogens with zero attached hydrogens (tertiary/aromatic N) is 1. The van der Waals surface area contributed by atoms with Crippen LogP contribution in [0.25, 0.3) is 11.1 Å². The van der Waals surface area contributed by atoms with Gasteiger partial charge in [-0.15, -0.1) is 0 Å². The largest absolute Gasteiger partial charge is 0.496 e. The lowest BCUT2D eigenvalue weighted by Gasteiger charge is -2.24. The van der Waals surface area contributed by atoms with Crippen LogP contribution in [-0.2, 0) is 17.8 Å². The Morgan fingerprint density at radius 3 is 2.20 bits per heavy atom. The van der Waals surface area contributed by atoms with E-state index in [2.05, 4.69) is 5.32 Å². The van der Waals surface area contributed by atoms with Gasteiger partial charge in [0.1, 0.15) is 5.75 Å². The molecule has 0 fully saturated rings. The average Bonchev–Trinajstić information content (AvgIpc) is 2.99. The highest BCUT2D eigenvalue weighted by atomic mass is 35.5. The number of carboxylic acid groups (broad SMARTS) is 1. The molecular formula is C33H31ClN2O5. The van der Waals surface area contributed by atoms with Gasteiger partial charge in [0.2, 0.25) is 0 Å². The molecule has 0 aromatic heterocycles. The van der Waals surface area contributed by atoms with Gasteiger partial charge >= 0.3 is 5.97 Å². The van der Waals surface area contributed by atoms with Gasteiger partial charge in [-0.25, -0.2) is 0 Å². The summed E-state index contributed by atoms with van der Waals surface area (Å²) in [5.74, 6) is -0.890. The fraction of sp³-hybridized carbons (Fsp3) is 0.182. The van der Waals surface area contributed by atoms with E-state index in [1.54, 1.807) is 60.5 Å². The molecule has 0 spiro atoms. The Morgan fingerprint density at radius 1 is 0.829 bits per heavy atom. The summed E-state index contributed by atoms with van der Waals surface area (Å²) in [7, 11) is 1.59. The maximum atomic E-state index is 13.9. The van der Waals surface area contributed by atoms with Gasteiger partial charge in [-0.1, -0.05) is 78.3 Å². The van der Waals surface area contributed by atoms with Crippen molar-refractivity contribution in [3.8, 4) is 16.9 Å². The van der Waals surface area contributed by atoms with Crippen LogP contribution < -0.4 is 10.1 Å². The Kier molecular flexibility index (Phi) is 10.1. The molecule has 8 heteroatoms. The van der Waals surface area contributed by atoms with Gasteiger partial charge in [-0.3, -0.25) is 14.4 Å². The van der Waals surface area contributed by atoms with E-state index in [1.165, 1.54) is 0 Å². The molecule has 0 aliphatic carbocycles. The molecule has 2 amide bonds. The summed E-state index contributed by atoms with van der Waals surface area (Å²) in [5.41, 5.74) is 3.77. The Balaban J connectivity index is 1.61. The lowest BCUT2D eigenvalue weighted by Crippen LogP contribution is -2.35. The van der Waals surface area contributed by atoms with Gasteiger partial charge in [0.25, 0.3) is 11.8 Å². The number of para-hydroxylation sites is 1. The topological polar surface area (TPSA) is 95.9 Å². The molecule has 7 nitrogen and oxygen atoms in total. The van der Waals surface area contributed by atoms with E-state index >= 15 is 0 Å². The van der Waals surface area contributed by atoms with Crippen molar-refractivity contribution in [3.63, 3.8) is 0 Å². The molecule has 4 aromatic carbocycles. The number of nitrogens with one attached hydrogen (secondary N) is 1. The molecule has 210 valence electrons. The third-order valence-corrected chi connectivity index (χ3v) is 6.92. The fourth-order valence-corrected chi connectivity index (χ4v) is 4.84. The molecule has 4 aromatic rings. The number of rotatable bonds is 12. The molecule has 0 heterocycles. The van der Waals surface area contributed by atoms with Gasteiger partial charge in [0.15, 0.2) is 0 Å². The number of hydrogen-bond acceptors (Lipinski definition) is 4. The normalized spacial score (nSPS) is 10.6. The maximum absolute atomic E-state index is 13.9. The summed E-state index contributed by atoms with van der Waals surface area (Å²) >= 11 is 6.08. The van der Waals surface area contributed by atoms with Gasteiger partial charge in [-0.05, 0) is 59.0 Å². The smallest absolute Gasteiger partial charge is 0.305 e. The number of ether oxygens (including phenoxy) is 1. The lowest BCUT2D eigenvalue weighted by atomic mass is 9.94. The summed E-state index contributed by atoms with van der Waals surface area (Å²) in [6.07, 6.45) is 0.294. The average molecular weight is 571 g/mol. The van der Waals surface area contributed by atoms with Gasteiger partial charge < -0.3 is 20.1 Å². The second kappa shape index (κ2) is 14.1. The molecular weight excluding hydrogens is 540 g/mol. The summed E-state index contributed by atoms with van der Waals surface area (Å²) in [4.78, 5) is 40.2. The predicted molar refractivity (Wildman–Crippen MR) is 159 cm³/mol. The molecule has 41 heavy (non-hydrogen) atoms. The minimum Gasteiger partial charge on any atom is -0.496 e. The first-order valence-electron chi connectivity index (χ1n) is 13.2. The second-order valence-corrected chi connectivity index (χ2v) is 9.84. The fourth-order valence-electron chi connectivity index (χ4n) is 4.63. The van der Waals surface area contributed by atoms with Crippen molar-refractivity contribution in [2.75, 3.05) is 20.2 Å². The van der Waals surface area contributed by atoms with Crippen LogP contribution >= 0.6 is 11.6 Å². The van der Waals surface area contributed by atoms with Crippen LogP contribution in [0.15, 0.2) is 97.1 Å². The van der Waals surface area contributed by atoms with Crippen molar-refractivity contribution >= 4 is 29.4 Å². The third-order valence-electron chi connectivity index (χ3n) is 6.69. The highest BCUT2D eigenvalue weighted by molar-refractivity contribution is 6.30. The summed E-state index contributed by atoms with van der Waals surface area (Å²) in [6, 6.07) is 29.0. The SMILES string of the molecule is COc1ccccc1CCN(CCC(=O)O)C(=O)c1ccccc1-c1ccccc1C(=O)NCc1cccc(Cl)c1. The van der Waals surface area contributed by atoms with Crippen LogP contribution in [0.3, 0.4) is 0 Å². The molecule has 0 bridgehead atoms. The van der Waals surface area contributed by atoms with E-state index < -0.39 is 5.97 Å².